The summed E-state index contributed by atoms with van der Waals surface area (Å²) in [5.74, 6) is 1.30. The van der Waals surface area contributed by atoms with Gasteiger partial charge in [0.25, 0.3) is 0 Å². The lowest BCUT2D eigenvalue weighted by Crippen LogP contribution is -2.34. The second kappa shape index (κ2) is 5.05. The maximum atomic E-state index is 5.84. The van der Waals surface area contributed by atoms with Crippen LogP contribution in [-0.4, -0.2) is 40.7 Å². The number of aromatic nitrogens is 3. The Labute approximate surface area is 112 Å². The molecule has 2 aromatic rings. The molecule has 0 spiro atoms. The lowest BCUT2D eigenvalue weighted by atomic mass is 10.1. The van der Waals surface area contributed by atoms with E-state index >= 15 is 0 Å². The lowest BCUT2D eigenvalue weighted by Gasteiger charge is -2.28. The molecule has 2 N–H and O–H groups in total. The molecule has 0 radical (unpaired) electrons. The van der Waals surface area contributed by atoms with Gasteiger partial charge in [0.15, 0.2) is 11.5 Å². The zero-order chi connectivity index (χ0) is 13.2. The van der Waals surface area contributed by atoms with Crippen LogP contribution in [0.2, 0.25) is 0 Å². The topological polar surface area (TPSA) is 68.7 Å². The Bertz CT molecular complexity index is 561. The van der Waals surface area contributed by atoms with Crippen molar-refractivity contribution in [2.45, 2.75) is 25.4 Å². The molecule has 1 aliphatic rings. The molecule has 1 fully saturated rings. The molecule has 0 aliphatic carbocycles. The first-order chi connectivity index (χ1) is 9.24. The summed E-state index contributed by atoms with van der Waals surface area (Å²) in [6.45, 7) is 1.68. The Balaban J connectivity index is 1.83. The van der Waals surface area contributed by atoms with E-state index in [2.05, 4.69) is 14.9 Å². The zero-order valence-electron chi connectivity index (χ0n) is 11.1. The van der Waals surface area contributed by atoms with Crippen molar-refractivity contribution in [3.63, 3.8) is 0 Å². The van der Waals surface area contributed by atoms with Gasteiger partial charge < -0.3 is 19.8 Å². The van der Waals surface area contributed by atoms with E-state index in [1.165, 1.54) is 12.8 Å². The largest absolute Gasteiger partial charge is 0.382 e. The van der Waals surface area contributed by atoms with Crippen molar-refractivity contribution in [2.24, 2.45) is 0 Å². The van der Waals surface area contributed by atoms with Crippen LogP contribution in [0.5, 0.6) is 0 Å². The van der Waals surface area contributed by atoms with Crippen molar-refractivity contribution in [1.29, 1.82) is 0 Å². The normalized spacial score (nSPS) is 19.7. The summed E-state index contributed by atoms with van der Waals surface area (Å²) in [6.07, 6.45) is 9.20. The molecule has 1 aliphatic heterocycles. The fourth-order valence-electron chi connectivity index (χ4n) is 2.53. The van der Waals surface area contributed by atoms with Gasteiger partial charge in [-0.25, -0.2) is 9.97 Å². The average molecular weight is 261 g/mol. The van der Waals surface area contributed by atoms with Crippen LogP contribution in [-0.2, 0) is 4.74 Å². The van der Waals surface area contributed by atoms with Crippen LogP contribution in [0.3, 0.4) is 0 Å². The summed E-state index contributed by atoms with van der Waals surface area (Å²) in [7, 11) is 2.01. The fraction of sp³-hybridized carbons (Fsp3) is 0.538. The van der Waals surface area contributed by atoms with Gasteiger partial charge in [-0.15, -0.1) is 0 Å². The van der Waals surface area contributed by atoms with Crippen molar-refractivity contribution in [3.8, 4) is 0 Å². The van der Waals surface area contributed by atoms with E-state index in [4.69, 9.17) is 10.5 Å². The van der Waals surface area contributed by atoms with E-state index in [0.29, 0.717) is 5.82 Å². The Morgan fingerprint density at radius 3 is 3.21 bits per heavy atom. The minimum atomic E-state index is 0.275. The average Bonchev–Trinajstić information content (AvgIpc) is 2.86. The Morgan fingerprint density at radius 1 is 1.53 bits per heavy atom. The smallest absolute Gasteiger partial charge is 0.180 e. The predicted octanol–water partition coefficient (Wildman–Crippen LogP) is 1.32. The monoisotopic (exact) mass is 261 g/mol. The number of ether oxygens (including phenoxy) is 1. The third kappa shape index (κ3) is 2.49. The Kier molecular flexibility index (Phi) is 3.25. The molecule has 102 valence electrons. The van der Waals surface area contributed by atoms with Crippen LogP contribution in [0.25, 0.3) is 5.65 Å². The highest BCUT2D eigenvalue weighted by Gasteiger charge is 2.18. The summed E-state index contributed by atoms with van der Waals surface area (Å²) in [4.78, 5) is 10.8. The minimum absolute atomic E-state index is 0.275. The van der Waals surface area contributed by atoms with Crippen LogP contribution in [0.15, 0.2) is 18.6 Å². The number of anilines is 2. The third-order valence-electron chi connectivity index (χ3n) is 3.49. The van der Waals surface area contributed by atoms with Gasteiger partial charge in [-0.2, -0.15) is 0 Å². The zero-order valence-corrected chi connectivity index (χ0v) is 11.1. The van der Waals surface area contributed by atoms with Crippen LogP contribution in [0, 0.1) is 0 Å². The number of hydrogen-bond donors (Lipinski definition) is 1. The molecule has 3 heterocycles. The molecular formula is C13H19N5O. The maximum absolute atomic E-state index is 5.84. The van der Waals surface area contributed by atoms with E-state index in [0.717, 1.165) is 31.0 Å². The van der Waals surface area contributed by atoms with Crippen LogP contribution < -0.4 is 10.6 Å². The SMILES string of the molecule is CN(CC1CCCCO1)c1nc(N)cn2ccnc12. The number of nitrogens with two attached hydrogens (primary N) is 1. The minimum Gasteiger partial charge on any atom is -0.382 e. The molecule has 1 unspecified atom stereocenters. The number of nitrogen functional groups attached to an aromatic ring is 1. The molecule has 3 rings (SSSR count). The van der Waals surface area contributed by atoms with Gasteiger partial charge in [-0.05, 0) is 19.3 Å². The van der Waals surface area contributed by atoms with Crippen molar-refractivity contribution < 1.29 is 4.74 Å². The number of nitrogens with zero attached hydrogens (tertiary/aromatic N) is 4. The number of hydrogen-bond acceptors (Lipinski definition) is 5. The van der Waals surface area contributed by atoms with Gasteiger partial charge in [0.2, 0.25) is 0 Å². The highest BCUT2D eigenvalue weighted by molar-refractivity contribution is 5.66. The van der Waals surface area contributed by atoms with E-state index in [-0.39, 0.29) is 6.10 Å². The van der Waals surface area contributed by atoms with Gasteiger partial charge in [0, 0.05) is 32.6 Å². The summed E-state index contributed by atoms with van der Waals surface area (Å²) >= 11 is 0. The highest BCUT2D eigenvalue weighted by atomic mass is 16.5. The van der Waals surface area contributed by atoms with Crippen molar-refractivity contribution in [3.05, 3.63) is 18.6 Å². The molecule has 1 saturated heterocycles. The lowest BCUT2D eigenvalue weighted by molar-refractivity contribution is 0.0215. The quantitative estimate of drug-likeness (QED) is 0.902. The standard InChI is InChI=1S/C13H19N5O/c1-17(8-10-4-2-3-7-19-10)13-12-15-5-6-18(12)9-11(14)16-13/h5-6,9-10H,2-4,7-8,14H2,1H3. The van der Waals surface area contributed by atoms with Gasteiger partial charge in [0.05, 0.1) is 12.3 Å². The first kappa shape index (κ1) is 12.2. The molecule has 6 nitrogen and oxygen atoms in total. The second-order valence-corrected chi connectivity index (χ2v) is 5.02. The molecule has 0 aromatic carbocycles. The van der Waals surface area contributed by atoms with Crippen LogP contribution >= 0.6 is 0 Å². The van der Waals surface area contributed by atoms with Gasteiger partial charge >= 0.3 is 0 Å². The number of fused-ring (bicyclic) bond motifs is 1. The van der Waals surface area contributed by atoms with Crippen molar-refractivity contribution in [1.82, 2.24) is 14.4 Å². The number of likely N-dealkylation sites (N-methyl/N-ethyl adjacent to an activating group) is 1. The van der Waals surface area contributed by atoms with Crippen LogP contribution in [0.1, 0.15) is 19.3 Å². The van der Waals surface area contributed by atoms with Gasteiger partial charge in [-0.1, -0.05) is 0 Å². The van der Waals surface area contributed by atoms with E-state index < -0.39 is 0 Å². The Morgan fingerprint density at radius 2 is 2.42 bits per heavy atom. The molecule has 0 saturated carbocycles. The molecule has 2 aromatic heterocycles. The molecule has 0 amide bonds. The van der Waals surface area contributed by atoms with Crippen LogP contribution in [0.4, 0.5) is 11.6 Å². The van der Waals surface area contributed by atoms with Crippen molar-refractivity contribution in [2.75, 3.05) is 30.8 Å². The van der Waals surface area contributed by atoms with E-state index in [9.17, 15) is 0 Å². The van der Waals surface area contributed by atoms with Crippen molar-refractivity contribution >= 4 is 17.3 Å². The molecule has 6 heteroatoms. The van der Waals surface area contributed by atoms with E-state index in [1.807, 2.05) is 17.6 Å². The Hall–Kier alpha value is -1.82. The second-order valence-electron chi connectivity index (χ2n) is 5.02. The first-order valence-electron chi connectivity index (χ1n) is 6.66. The van der Waals surface area contributed by atoms with E-state index in [1.54, 1.807) is 12.4 Å². The highest BCUT2D eigenvalue weighted by Crippen LogP contribution is 2.21. The summed E-state index contributed by atoms with van der Waals surface area (Å²) in [6, 6.07) is 0. The predicted molar refractivity (Wildman–Crippen MR) is 74.3 cm³/mol. The summed E-state index contributed by atoms with van der Waals surface area (Å²) in [5, 5.41) is 0. The fourth-order valence-corrected chi connectivity index (χ4v) is 2.53. The summed E-state index contributed by atoms with van der Waals surface area (Å²) < 4.78 is 7.66. The number of imidazole rings is 1. The summed E-state index contributed by atoms with van der Waals surface area (Å²) in [5.41, 5.74) is 6.66. The van der Waals surface area contributed by atoms with Gasteiger partial charge in [-0.3, -0.25) is 0 Å². The molecule has 0 bridgehead atoms. The third-order valence-corrected chi connectivity index (χ3v) is 3.49. The molecular weight excluding hydrogens is 242 g/mol. The number of rotatable bonds is 3. The molecule has 19 heavy (non-hydrogen) atoms. The maximum Gasteiger partial charge on any atom is 0.180 e. The van der Waals surface area contributed by atoms with Gasteiger partial charge in [0.1, 0.15) is 5.82 Å². The first-order valence-corrected chi connectivity index (χ1v) is 6.66. The molecule has 1 atom stereocenters.